The average molecular weight is 399 g/mol. The van der Waals surface area contributed by atoms with Gasteiger partial charge < -0.3 is 4.74 Å². The minimum atomic E-state index is -0.363. The zero-order valence-corrected chi connectivity index (χ0v) is 15.7. The summed E-state index contributed by atoms with van der Waals surface area (Å²) >= 11 is 11.8. The Morgan fingerprint density at radius 1 is 0.926 bits per heavy atom. The monoisotopic (exact) mass is 398 g/mol. The van der Waals surface area contributed by atoms with Crippen LogP contribution in [0.25, 0.3) is 11.1 Å². The van der Waals surface area contributed by atoms with Gasteiger partial charge in [0, 0.05) is 0 Å². The van der Waals surface area contributed by atoms with Gasteiger partial charge in [-0.3, -0.25) is 4.79 Å². The van der Waals surface area contributed by atoms with Crippen molar-refractivity contribution in [2.75, 3.05) is 6.61 Å². The van der Waals surface area contributed by atoms with Gasteiger partial charge in [-0.15, -0.1) is 0 Å². The summed E-state index contributed by atoms with van der Waals surface area (Å²) in [6.45, 7) is -0.136. The largest absolute Gasteiger partial charge is 0.484 e. The first-order chi connectivity index (χ1) is 13.1. The number of hydrogen-bond acceptors (Lipinski definition) is 3. The van der Waals surface area contributed by atoms with E-state index < -0.39 is 0 Å². The number of amides is 1. The van der Waals surface area contributed by atoms with E-state index >= 15 is 0 Å². The van der Waals surface area contributed by atoms with E-state index in [0.717, 1.165) is 16.7 Å². The second-order valence-electron chi connectivity index (χ2n) is 5.65. The van der Waals surface area contributed by atoms with E-state index in [9.17, 15) is 4.79 Å². The first-order valence-corrected chi connectivity index (χ1v) is 8.92. The molecule has 1 amide bonds. The van der Waals surface area contributed by atoms with E-state index in [4.69, 9.17) is 27.9 Å². The lowest BCUT2D eigenvalue weighted by Gasteiger charge is -2.06. The molecular formula is C21H16Cl2N2O2. The Kier molecular flexibility index (Phi) is 6.47. The SMILES string of the molecule is O=C(COc1ccc(-c2ccccc2)cc1)NN=Cc1ccc(Cl)c(Cl)c1. The number of halogens is 2. The lowest BCUT2D eigenvalue weighted by atomic mass is 10.1. The number of nitrogens with one attached hydrogen (secondary N) is 1. The van der Waals surface area contributed by atoms with Crippen LogP contribution in [-0.4, -0.2) is 18.7 Å². The molecule has 0 saturated carbocycles. The zero-order valence-electron chi connectivity index (χ0n) is 14.2. The van der Waals surface area contributed by atoms with Crippen LogP contribution in [0, 0.1) is 0 Å². The van der Waals surface area contributed by atoms with E-state index in [0.29, 0.717) is 15.8 Å². The molecule has 27 heavy (non-hydrogen) atoms. The number of rotatable bonds is 6. The molecule has 0 atom stereocenters. The van der Waals surface area contributed by atoms with Gasteiger partial charge in [0.25, 0.3) is 5.91 Å². The van der Waals surface area contributed by atoms with E-state index in [-0.39, 0.29) is 12.5 Å². The van der Waals surface area contributed by atoms with Gasteiger partial charge in [0.1, 0.15) is 5.75 Å². The number of ether oxygens (including phenoxy) is 1. The third kappa shape index (κ3) is 5.58. The molecule has 0 aromatic heterocycles. The van der Waals surface area contributed by atoms with Crippen LogP contribution in [0.5, 0.6) is 5.75 Å². The fourth-order valence-corrected chi connectivity index (χ4v) is 2.63. The average Bonchev–Trinajstić information content (AvgIpc) is 2.70. The molecule has 0 aliphatic carbocycles. The molecule has 0 aliphatic rings. The molecule has 3 aromatic rings. The lowest BCUT2D eigenvalue weighted by Crippen LogP contribution is -2.24. The molecule has 0 spiro atoms. The van der Waals surface area contributed by atoms with Crippen LogP contribution < -0.4 is 10.2 Å². The van der Waals surface area contributed by atoms with Crippen molar-refractivity contribution in [3.63, 3.8) is 0 Å². The van der Waals surface area contributed by atoms with E-state index in [2.05, 4.69) is 10.5 Å². The summed E-state index contributed by atoms with van der Waals surface area (Å²) in [5.41, 5.74) is 5.33. The van der Waals surface area contributed by atoms with Gasteiger partial charge in [0.2, 0.25) is 0 Å². The summed E-state index contributed by atoms with van der Waals surface area (Å²) < 4.78 is 5.47. The standard InChI is InChI=1S/C21H16Cl2N2O2/c22-19-11-6-15(12-20(19)23)13-24-25-21(26)14-27-18-9-7-17(8-10-18)16-4-2-1-3-5-16/h1-13H,14H2,(H,25,26). The first kappa shape index (κ1) is 19.0. The van der Waals surface area contributed by atoms with E-state index in [1.54, 1.807) is 18.2 Å². The van der Waals surface area contributed by atoms with Crippen molar-refractivity contribution < 1.29 is 9.53 Å². The van der Waals surface area contributed by atoms with Gasteiger partial charge in [-0.05, 0) is 41.0 Å². The molecule has 0 fully saturated rings. The second-order valence-corrected chi connectivity index (χ2v) is 6.46. The molecule has 0 unspecified atom stereocenters. The van der Waals surface area contributed by atoms with Gasteiger partial charge in [-0.2, -0.15) is 5.10 Å². The molecule has 0 heterocycles. The molecule has 3 aromatic carbocycles. The molecule has 6 heteroatoms. The number of hydrogen-bond donors (Lipinski definition) is 1. The number of benzene rings is 3. The second kappa shape index (κ2) is 9.21. The minimum Gasteiger partial charge on any atom is -0.484 e. The molecule has 0 aliphatic heterocycles. The first-order valence-electron chi connectivity index (χ1n) is 8.17. The predicted molar refractivity (Wildman–Crippen MR) is 110 cm³/mol. The van der Waals surface area contributed by atoms with Crippen molar-refractivity contribution in [3.8, 4) is 16.9 Å². The van der Waals surface area contributed by atoms with Crippen LogP contribution in [0.4, 0.5) is 0 Å². The summed E-state index contributed by atoms with van der Waals surface area (Å²) in [6.07, 6.45) is 1.48. The maximum absolute atomic E-state index is 11.8. The zero-order chi connectivity index (χ0) is 19.1. The Balaban J connectivity index is 1.49. The van der Waals surface area contributed by atoms with Crippen molar-refractivity contribution in [2.24, 2.45) is 5.10 Å². The number of carbonyl (C=O) groups is 1. The van der Waals surface area contributed by atoms with E-state index in [1.807, 2.05) is 54.6 Å². The summed E-state index contributed by atoms with van der Waals surface area (Å²) in [6, 6.07) is 22.6. The Labute approximate surface area is 167 Å². The van der Waals surface area contributed by atoms with E-state index in [1.165, 1.54) is 6.21 Å². The van der Waals surface area contributed by atoms with Gasteiger partial charge in [0.05, 0.1) is 16.3 Å². The van der Waals surface area contributed by atoms with Crippen molar-refractivity contribution in [1.29, 1.82) is 0 Å². The van der Waals surface area contributed by atoms with Gasteiger partial charge in [-0.25, -0.2) is 5.43 Å². The minimum absolute atomic E-state index is 0.136. The maximum Gasteiger partial charge on any atom is 0.277 e. The van der Waals surface area contributed by atoms with Gasteiger partial charge in [0.15, 0.2) is 6.61 Å². The summed E-state index contributed by atoms with van der Waals surface area (Å²) in [5, 5.41) is 4.76. The molecule has 1 N–H and O–H groups in total. The predicted octanol–water partition coefficient (Wildman–Crippen LogP) is 5.19. The number of carbonyl (C=O) groups excluding carboxylic acids is 1. The summed E-state index contributed by atoms with van der Waals surface area (Å²) in [7, 11) is 0. The highest BCUT2D eigenvalue weighted by Crippen LogP contribution is 2.22. The Bertz CT molecular complexity index is 942. The van der Waals surface area contributed by atoms with Crippen molar-refractivity contribution in [1.82, 2.24) is 5.43 Å². The Hall–Kier alpha value is -2.82. The van der Waals surface area contributed by atoms with Crippen LogP contribution in [0.1, 0.15) is 5.56 Å². The van der Waals surface area contributed by atoms with Crippen molar-refractivity contribution >= 4 is 35.3 Å². The maximum atomic E-state index is 11.8. The summed E-state index contributed by atoms with van der Waals surface area (Å²) in [5.74, 6) is 0.247. The van der Waals surface area contributed by atoms with Crippen LogP contribution in [0.15, 0.2) is 77.9 Å². The van der Waals surface area contributed by atoms with Crippen LogP contribution >= 0.6 is 23.2 Å². The molecule has 0 saturated heterocycles. The molecule has 0 bridgehead atoms. The van der Waals surface area contributed by atoms with Gasteiger partial charge >= 0.3 is 0 Å². The fourth-order valence-electron chi connectivity index (χ4n) is 2.33. The molecule has 136 valence electrons. The molecule has 4 nitrogen and oxygen atoms in total. The topological polar surface area (TPSA) is 50.7 Å². The van der Waals surface area contributed by atoms with Crippen LogP contribution in [-0.2, 0) is 4.79 Å². The number of hydrazone groups is 1. The highest BCUT2D eigenvalue weighted by Gasteiger charge is 2.03. The van der Waals surface area contributed by atoms with Crippen molar-refractivity contribution in [2.45, 2.75) is 0 Å². The van der Waals surface area contributed by atoms with Crippen LogP contribution in [0.2, 0.25) is 10.0 Å². The lowest BCUT2D eigenvalue weighted by molar-refractivity contribution is -0.123. The molecule has 0 radical (unpaired) electrons. The van der Waals surface area contributed by atoms with Crippen LogP contribution in [0.3, 0.4) is 0 Å². The normalized spacial score (nSPS) is 10.7. The summed E-state index contributed by atoms with van der Waals surface area (Å²) in [4.78, 5) is 11.8. The Morgan fingerprint density at radius 3 is 2.33 bits per heavy atom. The highest BCUT2D eigenvalue weighted by molar-refractivity contribution is 6.42. The third-order valence-corrected chi connectivity index (χ3v) is 4.42. The quantitative estimate of drug-likeness (QED) is 0.458. The fraction of sp³-hybridized carbons (Fsp3) is 0.0476. The van der Waals surface area contributed by atoms with Gasteiger partial charge in [-0.1, -0.05) is 71.7 Å². The number of nitrogens with zero attached hydrogens (tertiary/aromatic N) is 1. The third-order valence-electron chi connectivity index (χ3n) is 3.68. The van der Waals surface area contributed by atoms with Crippen molar-refractivity contribution in [3.05, 3.63) is 88.4 Å². The Morgan fingerprint density at radius 2 is 1.63 bits per heavy atom. The molecule has 3 rings (SSSR count). The highest BCUT2D eigenvalue weighted by atomic mass is 35.5. The molecular weight excluding hydrogens is 383 g/mol. The smallest absolute Gasteiger partial charge is 0.277 e.